The first kappa shape index (κ1) is 11.1. The van der Waals surface area contributed by atoms with Gasteiger partial charge in [0.25, 0.3) is 0 Å². The maximum atomic E-state index is 9.86. The number of ether oxygens (including phenoxy) is 1. The summed E-state index contributed by atoms with van der Waals surface area (Å²) < 4.78 is 5.97. The van der Waals surface area contributed by atoms with Gasteiger partial charge in [-0.3, -0.25) is 0 Å². The van der Waals surface area contributed by atoms with E-state index in [0.29, 0.717) is 27.9 Å². The molecule has 0 aliphatic rings. The summed E-state index contributed by atoms with van der Waals surface area (Å²) in [5, 5.41) is 10.4. The van der Waals surface area contributed by atoms with Gasteiger partial charge in [-0.15, -0.1) is 0 Å². The molecule has 5 heteroatoms. The minimum Gasteiger partial charge on any atom is -0.506 e. The number of aromatic nitrogens is 2. The maximum absolute atomic E-state index is 9.86. The van der Waals surface area contributed by atoms with Crippen LogP contribution in [-0.2, 0) is 0 Å². The number of rotatable bonds is 2. The van der Waals surface area contributed by atoms with Gasteiger partial charge in [-0.1, -0.05) is 0 Å². The summed E-state index contributed by atoms with van der Waals surface area (Å²) in [7, 11) is 0. The highest BCUT2D eigenvalue weighted by Gasteiger charge is 2.10. The normalized spacial score (nSPS) is 10.7. The molecule has 0 radical (unpaired) electrons. The van der Waals surface area contributed by atoms with Gasteiger partial charge in [0.2, 0.25) is 0 Å². The number of fused-ring (bicyclic) bond motifs is 1. The van der Waals surface area contributed by atoms with Crippen LogP contribution < -0.4 is 4.74 Å². The fraction of sp³-hybridized carbons (Fsp3) is 0.273. The smallest absolute Gasteiger partial charge is 0.163 e. The van der Waals surface area contributed by atoms with Crippen molar-refractivity contribution in [1.29, 1.82) is 0 Å². The Balaban J connectivity index is 2.70. The minimum atomic E-state index is 0.137. The third kappa shape index (κ3) is 1.82. The Morgan fingerprint density at radius 1 is 1.50 bits per heavy atom. The molecule has 1 N–H and O–H groups in total. The molecule has 0 bridgehead atoms. The van der Waals surface area contributed by atoms with Gasteiger partial charge in [-0.25, -0.2) is 9.97 Å². The van der Waals surface area contributed by atoms with Crippen LogP contribution in [0.5, 0.6) is 11.5 Å². The number of aromatic hydroxyl groups is 1. The van der Waals surface area contributed by atoms with Gasteiger partial charge in [0, 0.05) is 6.20 Å². The van der Waals surface area contributed by atoms with Crippen LogP contribution >= 0.6 is 15.9 Å². The van der Waals surface area contributed by atoms with E-state index in [4.69, 9.17) is 4.74 Å². The van der Waals surface area contributed by atoms with E-state index >= 15 is 0 Å². The monoisotopic (exact) mass is 282 g/mol. The second-order valence-electron chi connectivity index (χ2n) is 3.33. The summed E-state index contributed by atoms with van der Waals surface area (Å²) in [5.74, 6) is 0.809. The van der Waals surface area contributed by atoms with Crippen molar-refractivity contribution in [2.75, 3.05) is 6.61 Å². The average molecular weight is 283 g/mol. The van der Waals surface area contributed by atoms with Crippen LogP contribution in [0.1, 0.15) is 12.6 Å². The molecule has 4 nitrogen and oxygen atoms in total. The Kier molecular flexibility index (Phi) is 2.96. The lowest BCUT2D eigenvalue weighted by Gasteiger charge is -2.08. The van der Waals surface area contributed by atoms with E-state index < -0.39 is 0 Å². The number of nitrogens with zero attached hydrogens (tertiary/aromatic N) is 2. The van der Waals surface area contributed by atoms with Gasteiger partial charge in [0.1, 0.15) is 11.5 Å². The predicted octanol–water partition coefficient (Wildman–Crippen LogP) is 2.81. The zero-order valence-electron chi connectivity index (χ0n) is 8.99. The van der Waals surface area contributed by atoms with Crippen molar-refractivity contribution in [1.82, 2.24) is 9.97 Å². The van der Waals surface area contributed by atoms with E-state index in [-0.39, 0.29) is 5.75 Å². The first-order chi connectivity index (χ1) is 7.63. The first-order valence-electron chi connectivity index (χ1n) is 4.91. The zero-order chi connectivity index (χ0) is 11.7. The first-order valence-corrected chi connectivity index (χ1v) is 5.70. The van der Waals surface area contributed by atoms with E-state index in [1.165, 1.54) is 6.20 Å². The van der Waals surface area contributed by atoms with Crippen molar-refractivity contribution in [3.63, 3.8) is 0 Å². The van der Waals surface area contributed by atoms with Crippen LogP contribution in [-0.4, -0.2) is 21.7 Å². The SMILES string of the molecule is CCOc1cc2c(O)c(Br)cnc2nc1C. The van der Waals surface area contributed by atoms with Gasteiger partial charge in [-0.05, 0) is 35.8 Å². The summed E-state index contributed by atoms with van der Waals surface area (Å²) in [4.78, 5) is 8.41. The van der Waals surface area contributed by atoms with Crippen molar-refractivity contribution < 1.29 is 9.84 Å². The number of pyridine rings is 2. The van der Waals surface area contributed by atoms with Gasteiger partial charge in [0.15, 0.2) is 5.65 Å². The molecule has 0 aliphatic carbocycles. The van der Waals surface area contributed by atoms with E-state index in [2.05, 4.69) is 25.9 Å². The minimum absolute atomic E-state index is 0.137. The number of hydrogen-bond donors (Lipinski definition) is 1. The summed E-state index contributed by atoms with van der Waals surface area (Å²) >= 11 is 3.22. The molecule has 0 spiro atoms. The highest BCUT2D eigenvalue weighted by atomic mass is 79.9. The van der Waals surface area contributed by atoms with Crippen molar-refractivity contribution >= 4 is 27.0 Å². The molecule has 0 saturated carbocycles. The lowest BCUT2D eigenvalue weighted by molar-refractivity contribution is 0.336. The molecule has 84 valence electrons. The standard InChI is InChI=1S/C11H11BrN2O2/c1-3-16-9-4-7-10(15)8(12)5-13-11(7)14-6(9)2/h4-5H,3H2,1-2H3,(H,13,14,15). The largest absolute Gasteiger partial charge is 0.506 e. The molecule has 0 amide bonds. The lowest BCUT2D eigenvalue weighted by Crippen LogP contribution is -1.97. The van der Waals surface area contributed by atoms with Crippen LogP contribution in [0.15, 0.2) is 16.7 Å². The number of halogens is 1. The van der Waals surface area contributed by atoms with Crippen LogP contribution in [0, 0.1) is 6.92 Å². The molecular weight excluding hydrogens is 272 g/mol. The third-order valence-corrected chi connectivity index (χ3v) is 2.81. The van der Waals surface area contributed by atoms with Crippen molar-refractivity contribution in [3.05, 3.63) is 22.4 Å². The molecule has 0 atom stereocenters. The second kappa shape index (κ2) is 4.25. The van der Waals surface area contributed by atoms with Gasteiger partial charge >= 0.3 is 0 Å². The Bertz CT molecular complexity index is 543. The molecule has 0 unspecified atom stereocenters. The van der Waals surface area contributed by atoms with Gasteiger partial charge < -0.3 is 9.84 Å². The molecule has 0 fully saturated rings. The van der Waals surface area contributed by atoms with Gasteiger partial charge in [-0.2, -0.15) is 0 Å². The molecule has 0 aliphatic heterocycles. The quantitative estimate of drug-likeness (QED) is 0.920. The summed E-state index contributed by atoms with van der Waals surface area (Å²) in [6.45, 7) is 4.32. The summed E-state index contributed by atoms with van der Waals surface area (Å²) in [5.41, 5.74) is 1.28. The predicted molar refractivity (Wildman–Crippen MR) is 64.8 cm³/mol. The maximum Gasteiger partial charge on any atom is 0.163 e. The Morgan fingerprint density at radius 2 is 2.25 bits per heavy atom. The Hall–Kier alpha value is -1.36. The summed E-state index contributed by atoms with van der Waals surface area (Å²) in [6, 6.07) is 1.76. The van der Waals surface area contributed by atoms with E-state index in [9.17, 15) is 5.11 Å². The van der Waals surface area contributed by atoms with E-state index in [1.807, 2.05) is 13.8 Å². The molecule has 0 saturated heterocycles. The van der Waals surface area contributed by atoms with Crippen molar-refractivity contribution in [3.8, 4) is 11.5 Å². The van der Waals surface area contributed by atoms with E-state index in [1.54, 1.807) is 6.07 Å². The Morgan fingerprint density at radius 3 is 2.94 bits per heavy atom. The average Bonchev–Trinajstić information content (AvgIpc) is 2.26. The lowest BCUT2D eigenvalue weighted by atomic mass is 10.2. The second-order valence-corrected chi connectivity index (χ2v) is 4.19. The van der Waals surface area contributed by atoms with Crippen LogP contribution in [0.3, 0.4) is 0 Å². The number of aryl methyl sites for hydroxylation is 1. The van der Waals surface area contributed by atoms with Crippen LogP contribution in [0.4, 0.5) is 0 Å². The fourth-order valence-corrected chi connectivity index (χ4v) is 1.77. The van der Waals surface area contributed by atoms with Crippen LogP contribution in [0.2, 0.25) is 0 Å². The third-order valence-electron chi connectivity index (χ3n) is 2.23. The number of hydrogen-bond acceptors (Lipinski definition) is 4. The zero-order valence-corrected chi connectivity index (χ0v) is 10.6. The van der Waals surface area contributed by atoms with Crippen molar-refractivity contribution in [2.45, 2.75) is 13.8 Å². The topological polar surface area (TPSA) is 55.2 Å². The molecular formula is C11H11BrN2O2. The Labute approximate surface area is 101 Å². The molecule has 2 aromatic rings. The van der Waals surface area contributed by atoms with Crippen LogP contribution in [0.25, 0.3) is 11.0 Å². The summed E-state index contributed by atoms with van der Waals surface area (Å²) in [6.07, 6.45) is 1.53. The fourth-order valence-electron chi connectivity index (χ4n) is 1.46. The van der Waals surface area contributed by atoms with Gasteiger partial charge in [0.05, 0.1) is 22.2 Å². The molecule has 2 heterocycles. The van der Waals surface area contributed by atoms with E-state index in [0.717, 1.165) is 5.69 Å². The van der Waals surface area contributed by atoms with Crippen molar-refractivity contribution in [2.24, 2.45) is 0 Å². The highest BCUT2D eigenvalue weighted by molar-refractivity contribution is 9.10. The molecule has 16 heavy (non-hydrogen) atoms. The molecule has 0 aromatic carbocycles. The highest BCUT2D eigenvalue weighted by Crippen LogP contribution is 2.33. The molecule has 2 aromatic heterocycles. The molecule has 2 rings (SSSR count).